The van der Waals surface area contributed by atoms with Crippen LogP contribution in [0, 0.1) is 0 Å². The third-order valence-corrected chi connectivity index (χ3v) is 3.28. The maximum atomic E-state index is 11.3. The van der Waals surface area contributed by atoms with Crippen molar-refractivity contribution in [2.24, 2.45) is 0 Å². The van der Waals surface area contributed by atoms with Crippen molar-refractivity contribution in [3.63, 3.8) is 0 Å². The van der Waals surface area contributed by atoms with E-state index in [0.717, 1.165) is 30.7 Å². The maximum absolute atomic E-state index is 11.3. The molecular formula is C15H20N2O3. The monoisotopic (exact) mass is 276 g/mol. The fourth-order valence-corrected chi connectivity index (χ4v) is 2.36. The molecular weight excluding hydrogens is 256 g/mol. The molecule has 0 spiro atoms. The van der Waals surface area contributed by atoms with Crippen molar-refractivity contribution in [1.82, 2.24) is 9.55 Å². The molecule has 1 aromatic heterocycles. The molecule has 0 aliphatic carbocycles. The van der Waals surface area contributed by atoms with E-state index in [1.54, 1.807) is 12.1 Å². The first kappa shape index (κ1) is 14.5. The highest BCUT2D eigenvalue weighted by Gasteiger charge is 2.15. The lowest BCUT2D eigenvalue weighted by molar-refractivity contribution is 0.0699. The van der Waals surface area contributed by atoms with Gasteiger partial charge in [-0.15, -0.1) is 0 Å². The van der Waals surface area contributed by atoms with Crippen LogP contribution in [-0.2, 0) is 17.7 Å². The van der Waals surface area contributed by atoms with Crippen molar-refractivity contribution in [2.45, 2.75) is 33.2 Å². The van der Waals surface area contributed by atoms with Crippen LogP contribution in [-0.4, -0.2) is 33.8 Å². The van der Waals surface area contributed by atoms with Crippen molar-refractivity contribution in [3.05, 3.63) is 29.6 Å². The number of para-hydroxylation sites is 1. The summed E-state index contributed by atoms with van der Waals surface area (Å²) in [5.74, 6) is -0.0117. The molecule has 2 aromatic rings. The number of carboxylic acid groups (broad SMARTS) is 1. The SMILES string of the molecule is CCOCCCn1c(CC)nc2c(C(=O)O)cccc21. The van der Waals surface area contributed by atoms with Crippen molar-refractivity contribution in [1.29, 1.82) is 0 Å². The molecule has 0 aliphatic rings. The Morgan fingerprint density at radius 2 is 2.20 bits per heavy atom. The quantitative estimate of drug-likeness (QED) is 0.790. The van der Waals surface area contributed by atoms with Crippen LogP contribution < -0.4 is 0 Å². The number of ether oxygens (including phenoxy) is 1. The summed E-state index contributed by atoms with van der Waals surface area (Å²) in [6.45, 7) is 6.22. The largest absolute Gasteiger partial charge is 0.478 e. The summed E-state index contributed by atoms with van der Waals surface area (Å²) in [5.41, 5.74) is 1.73. The maximum Gasteiger partial charge on any atom is 0.337 e. The average Bonchev–Trinajstić information content (AvgIpc) is 2.81. The Hall–Kier alpha value is -1.88. The second-order valence-corrected chi connectivity index (χ2v) is 4.56. The lowest BCUT2D eigenvalue weighted by atomic mass is 10.2. The van der Waals surface area contributed by atoms with Crippen LogP contribution in [0.4, 0.5) is 0 Å². The molecule has 0 atom stereocenters. The average molecular weight is 276 g/mol. The first-order valence-electron chi connectivity index (χ1n) is 6.98. The molecule has 1 N–H and O–H groups in total. The number of aromatic nitrogens is 2. The molecule has 1 heterocycles. The summed E-state index contributed by atoms with van der Waals surface area (Å²) in [6, 6.07) is 5.29. The lowest BCUT2D eigenvalue weighted by Gasteiger charge is -2.08. The minimum absolute atomic E-state index is 0.265. The van der Waals surface area contributed by atoms with Crippen LogP contribution in [0.25, 0.3) is 11.0 Å². The van der Waals surface area contributed by atoms with Crippen LogP contribution in [0.5, 0.6) is 0 Å². The summed E-state index contributed by atoms with van der Waals surface area (Å²) in [7, 11) is 0. The zero-order valence-corrected chi connectivity index (χ0v) is 11.9. The van der Waals surface area contributed by atoms with Crippen molar-refractivity contribution in [2.75, 3.05) is 13.2 Å². The van der Waals surface area contributed by atoms with E-state index in [4.69, 9.17) is 4.74 Å². The summed E-state index contributed by atoms with van der Waals surface area (Å²) in [4.78, 5) is 15.7. The minimum atomic E-state index is -0.933. The van der Waals surface area contributed by atoms with Gasteiger partial charge in [0.2, 0.25) is 0 Å². The molecule has 108 valence electrons. The van der Waals surface area contributed by atoms with Gasteiger partial charge in [0.25, 0.3) is 0 Å². The highest BCUT2D eigenvalue weighted by molar-refractivity contribution is 6.01. The van der Waals surface area contributed by atoms with Crippen molar-refractivity contribution in [3.8, 4) is 0 Å². The van der Waals surface area contributed by atoms with Crippen LogP contribution in [0.2, 0.25) is 0 Å². The molecule has 0 unspecified atom stereocenters. The van der Waals surface area contributed by atoms with Crippen LogP contribution in [0.15, 0.2) is 18.2 Å². The van der Waals surface area contributed by atoms with Crippen molar-refractivity contribution >= 4 is 17.0 Å². The summed E-state index contributed by atoms with van der Waals surface area (Å²) < 4.78 is 7.45. The summed E-state index contributed by atoms with van der Waals surface area (Å²) in [6.07, 6.45) is 1.67. The highest BCUT2D eigenvalue weighted by Crippen LogP contribution is 2.21. The van der Waals surface area contributed by atoms with E-state index in [1.807, 2.05) is 19.9 Å². The molecule has 0 fully saturated rings. The molecule has 1 aromatic carbocycles. The number of carboxylic acids is 1. The Bertz CT molecular complexity index is 604. The van der Waals surface area contributed by atoms with Gasteiger partial charge in [-0.2, -0.15) is 0 Å². The Kier molecular flexibility index (Phi) is 4.74. The molecule has 0 saturated carbocycles. The van der Waals surface area contributed by atoms with Crippen molar-refractivity contribution < 1.29 is 14.6 Å². The molecule has 20 heavy (non-hydrogen) atoms. The summed E-state index contributed by atoms with van der Waals surface area (Å²) >= 11 is 0. The van der Waals surface area contributed by atoms with Gasteiger partial charge >= 0.3 is 5.97 Å². The standard InChI is InChI=1S/C15H20N2O3/c1-3-13-16-14-11(15(18)19)7-5-8-12(14)17(13)9-6-10-20-4-2/h5,7-8H,3-4,6,9-10H2,1-2H3,(H,18,19). The van der Waals surface area contributed by atoms with Gasteiger partial charge in [-0.3, -0.25) is 0 Å². The van der Waals surface area contributed by atoms with Gasteiger partial charge in [0.05, 0.1) is 11.1 Å². The van der Waals surface area contributed by atoms with Gasteiger partial charge in [0, 0.05) is 26.2 Å². The number of carbonyl (C=O) groups is 1. The van der Waals surface area contributed by atoms with Gasteiger partial charge < -0.3 is 14.4 Å². The second-order valence-electron chi connectivity index (χ2n) is 4.56. The number of hydrogen-bond donors (Lipinski definition) is 1. The third-order valence-electron chi connectivity index (χ3n) is 3.28. The van der Waals surface area contributed by atoms with Crippen LogP contribution in [0.1, 0.15) is 36.5 Å². The van der Waals surface area contributed by atoms with Gasteiger partial charge in [-0.25, -0.2) is 9.78 Å². The molecule has 5 nitrogen and oxygen atoms in total. The molecule has 0 saturated heterocycles. The number of imidazole rings is 1. The van der Waals surface area contributed by atoms with E-state index in [-0.39, 0.29) is 5.56 Å². The third kappa shape index (κ3) is 2.82. The fraction of sp³-hybridized carbons (Fsp3) is 0.467. The zero-order chi connectivity index (χ0) is 14.5. The van der Waals surface area contributed by atoms with Gasteiger partial charge in [-0.05, 0) is 25.5 Å². The van der Waals surface area contributed by atoms with E-state index in [9.17, 15) is 9.90 Å². The molecule has 2 rings (SSSR count). The van der Waals surface area contributed by atoms with Crippen LogP contribution in [0.3, 0.4) is 0 Å². The second kappa shape index (κ2) is 6.52. The fourth-order valence-electron chi connectivity index (χ4n) is 2.36. The molecule has 0 amide bonds. The number of aryl methyl sites for hydroxylation is 2. The lowest BCUT2D eigenvalue weighted by Crippen LogP contribution is -2.06. The van der Waals surface area contributed by atoms with Gasteiger partial charge in [0.1, 0.15) is 11.3 Å². The Balaban J connectivity index is 2.37. The molecule has 0 bridgehead atoms. The Labute approximate surface area is 118 Å². The Morgan fingerprint density at radius 1 is 1.40 bits per heavy atom. The van der Waals surface area contributed by atoms with E-state index < -0.39 is 5.97 Å². The van der Waals surface area contributed by atoms with Crippen LogP contribution >= 0.6 is 0 Å². The number of hydrogen-bond acceptors (Lipinski definition) is 3. The predicted octanol–water partition coefficient (Wildman–Crippen LogP) is 2.72. The number of nitrogens with zero attached hydrogens (tertiary/aromatic N) is 2. The number of aromatic carboxylic acids is 1. The Morgan fingerprint density at radius 3 is 2.85 bits per heavy atom. The smallest absolute Gasteiger partial charge is 0.337 e. The van der Waals surface area contributed by atoms with E-state index >= 15 is 0 Å². The number of fused-ring (bicyclic) bond motifs is 1. The molecule has 0 aliphatic heterocycles. The van der Waals surface area contributed by atoms with E-state index in [0.29, 0.717) is 18.7 Å². The number of rotatable bonds is 7. The topological polar surface area (TPSA) is 64.4 Å². The normalized spacial score (nSPS) is 11.1. The molecule has 0 radical (unpaired) electrons. The molecule has 5 heteroatoms. The van der Waals surface area contributed by atoms with E-state index in [1.165, 1.54) is 0 Å². The van der Waals surface area contributed by atoms with E-state index in [2.05, 4.69) is 9.55 Å². The minimum Gasteiger partial charge on any atom is -0.478 e. The summed E-state index contributed by atoms with van der Waals surface area (Å²) in [5, 5.41) is 9.23. The van der Waals surface area contributed by atoms with Gasteiger partial charge in [0.15, 0.2) is 0 Å². The predicted molar refractivity (Wildman–Crippen MR) is 77.2 cm³/mol. The zero-order valence-electron chi connectivity index (χ0n) is 11.9. The number of benzene rings is 1. The van der Waals surface area contributed by atoms with Gasteiger partial charge in [-0.1, -0.05) is 13.0 Å². The highest BCUT2D eigenvalue weighted by atomic mass is 16.5. The first-order chi connectivity index (χ1) is 9.69. The first-order valence-corrected chi connectivity index (χ1v) is 6.98.